The molecule has 194 valence electrons. The maximum atomic E-state index is 13.1. The van der Waals surface area contributed by atoms with Gasteiger partial charge in [-0.2, -0.15) is 0 Å². The van der Waals surface area contributed by atoms with Gasteiger partial charge in [0.15, 0.2) is 18.3 Å². The van der Waals surface area contributed by atoms with E-state index in [0.717, 1.165) is 12.8 Å². The zero-order valence-corrected chi connectivity index (χ0v) is 22.5. The Balaban J connectivity index is 2.60. The molecule has 1 N–H and O–H groups in total. The van der Waals surface area contributed by atoms with Crippen LogP contribution in [0.5, 0.6) is 0 Å². The summed E-state index contributed by atoms with van der Waals surface area (Å²) >= 11 is -0.0195. The Bertz CT molecular complexity index is 756. The van der Waals surface area contributed by atoms with E-state index in [1.807, 2.05) is 33.8 Å². The maximum Gasteiger partial charge on any atom is 0.303 e. The van der Waals surface area contributed by atoms with Gasteiger partial charge in [-0.15, -0.1) is 16.5 Å². The molecule has 0 aliphatic carbocycles. The average molecular weight is 520 g/mol. The summed E-state index contributed by atoms with van der Waals surface area (Å²) in [6.07, 6.45) is 1.80. The minimum Gasteiger partial charge on any atom is -0.598 e. The summed E-state index contributed by atoms with van der Waals surface area (Å²) in [5.41, 5.74) is -0.678. The molecule has 2 bridgehead atoms. The van der Waals surface area contributed by atoms with Crippen LogP contribution in [0.1, 0.15) is 61.3 Å². The van der Waals surface area contributed by atoms with Crippen molar-refractivity contribution >= 4 is 41.0 Å². The van der Waals surface area contributed by atoms with Gasteiger partial charge in [0.05, 0.1) is 6.04 Å². The van der Waals surface area contributed by atoms with Crippen molar-refractivity contribution in [1.29, 1.82) is 0 Å². The summed E-state index contributed by atoms with van der Waals surface area (Å²) in [4.78, 5) is 36.1. The second-order valence-electron chi connectivity index (χ2n) is 9.52. The zero-order valence-electron chi connectivity index (χ0n) is 20.9. The average Bonchev–Trinajstić information content (AvgIpc) is 2.72. The number of carbonyl (C=O) groups is 3. The molecule has 0 aromatic rings. The number of allylic oxidation sites excluding steroid dienone is 1. The number of rotatable bonds is 5. The first kappa shape index (κ1) is 29.0. The van der Waals surface area contributed by atoms with Crippen LogP contribution in [0.4, 0.5) is 0 Å². The van der Waals surface area contributed by atoms with Gasteiger partial charge in [-0.3, -0.25) is 14.4 Å². The molecule has 0 aromatic heterocycles. The van der Waals surface area contributed by atoms with Crippen LogP contribution in [0.25, 0.3) is 0 Å². The van der Waals surface area contributed by atoms with E-state index >= 15 is 0 Å². The minimum absolute atomic E-state index is 0.165. The molecule has 1 saturated heterocycles. The summed E-state index contributed by atoms with van der Waals surface area (Å²) < 4.78 is 39.0. The van der Waals surface area contributed by atoms with E-state index in [1.54, 1.807) is 0 Å². The van der Waals surface area contributed by atoms with E-state index in [-0.39, 0.29) is 5.92 Å². The fourth-order valence-corrected chi connectivity index (χ4v) is 5.95. The molecule has 0 spiro atoms. The fraction of sp³-hybridized carbons (Fsp3) is 0.783. The van der Waals surface area contributed by atoms with Crippen molar-refractivity contribution in [2.75, 3.05) is 5.75 Å². The summed E-state index contributed by atoms with van der Waals surface area (Å²) in [6.45, 7) is 11.3. The Hall–Kier alpha value is -1.27. The third-order valence-corrected chi connectivity index (χ3v) is 8.22. The van der Waals surface area contributed by atoms with Crippen LogP contribution in [-0.2, 0) is 44.7 Å². The van der Waals surface area contributed by atoms with Crippen molar-refractivity contribution in [2.45, 2.75) is 102 Å². The summed E-state index contributed by atoms with van der Waals surface area (Å²) in [5, 5.41) is 0. The first-order valence-electron chi connectivity index (χ1n) is 11.4. The Kier molecular flexibility index (Phi) is 10.7. The molecule has 34 heavy (non-hydrogen) atoms. The van der Waals surface area contributed by atoms with Crippen molar-refractivity contribution in [3.8, 4) is 0 Å². The second-order valence-corrected chi connectivity index (χ2v) is 12.7. The number of fused-ring (bicyclic) bond motifs is 2. The summed E-state index contributed by atoms with van der Waals surface area (Å²) in [5.74, 6) is -1.23. The predicted molar refractivity (Wildman–Crippen MR) is 130 cm³/mol. The standard InChI is InChI=1S/C23H37NO8S2/c1-13-11-9-8-10-12-33-22-21(31-16(4)27)20(30-15(3)26)19(29-14(2)25)18(32-22)17(13)24-34(28)23(5,6)7/h9,11,13,17-22,24H,8,10,12H2,1-7H3/b11-9-/t13-,17-,18?,19?,20?,21?,22?,34?/m1/s1. The fourth-order valence-electron chi connectivity index (χ4n) is 3.83. The number of esters is 3. The van der Waals surface area contributed by atoms with Crippen LogP contribution in [0.3, 0.4) is 0 Å². The van der Waals surface area contributed by atoms with E-state index < -0.39 is 69.9 Å². The predicted octanol–water partition coefficient (Wildman–Crippen LogP) is 2.65. The maximum absolute atomic E-state index is 13.1. The quantitative estimate of drug-likeness (QED) is 0.251. The molecule has 2 aliphatic rings. The Morgan fingerprint density at radius 1 is 1.03 bits per heavy atom. The van der Waals surface area contributed by atoms with Crippen LogP contribution in [0.15, 0.2) is 12.2 Å². The van der Waals surface area contributed by atoms with Crippen LogP contribution >= 0.6 is 11.8 Å². The zero-order chi connectivity index (χ0) is 25.6. The highest BCUT2D eigenvalue weighted by Gasteiger charge is 2.55. The highest BCUT2D eigenvalue weighted by Crippen LogP contribution is 2.38. The summed E-state index contributed by atoms with van der Waals surface area (Å²) in [6, 6.07) is -0.557. The normalized spacial score (nSPS) is 34.2. The third-order valence-electron chi connectivity index (χ3n) is 5.39. The van der Waals surface area contributed by atoms with E-state index in [4.69, 9.17) is 18.9 Å². The van der Waals surface area contributed by atoms with Gasteiger partial charge < -0.3 is 23.5 Å². The van der Waals surface area contributed by atoms with Crippen molar-refractivity contribution in [1.82, 2.24) is 4.72 Å². The number of nitrogens with one attached hydrogen (secondary N) is 1. The van der Waals surface area contributed by atoms with E-state index in [0.29, 0.717) is 5.75 Å². The SMILES string of the molecule is CC(=O)OC1C2OC(C(OC(C)=O)C1OC(C)=O)[C@H](N[S+]([O-])C(C)(C)C)[C@H](C)/C=C\CCCS2. The van der Waals surface area contributed by atoms with Gasteiger partial charge in [0.1, 0.15) is 16.3 Å². The number of ether oxygens (including phenoxy) is 4. The lowest BCUT2D eigenvalue weighted by Gasteiger charge is -2.47. The number of carbonyl (C=O) groups excluding carboxylic acids is 3. The molecule has 1 fully saturated rings. The molecule has 2 heterocycles. The van der Waals surface area contributed by atoms with Crippen molar-refractivity contribution < 1.29 is 37.9 Å². The smallest absolute Gasteiger partial charge is 0.303 e. The first-order valence-corrected chi connectivity index (χ1v) is 13.6. The van der Waals surface area contributed by atoms with E-state index in [9.17, 15) is 18.9 Å². The number of hydrogen-bond acceptors (Lipinski definition) is 10. The summed E-state index contributed by atoms with van der Waals surface area (Å²) in [7, 11) is 0. The molecular formula is C23H37NO8S2. The molecule has 0 aromatic carbocycles. The van der Waals surface area contributed by atoms with Gasteiger partial charge in [-0.1, -0.05) is 19.1 Å². The number of hydrogen-bond donors (Lipinski definition) is 1. The second kappa shape index (κ2) is 12.6. The molecule has 2 rings (SSSR count). The first-order chi connectivity index (χ1) is 15.8. The van der Waals surface area contributed by atoms with Crippen molar-refractivity contribution in [3.05, 3.63) is 12.2 Å². The largest absolute Gasteiger partial charge is 0.598 e. The van der Waals surface area contributed by atoms with Crippen LogP contribution in [0, 0.1) is 5.92 Å². The molecule has 9 nitrogen and oxygen atoms in total. The molecule has 11 heteroatoms. The topological polar surface area (TPSA) is 123 Å². The lowest BCUT2D eigenvalue weighted by Crippen LogP contribution is -2.66. The lowest BCUT2D eigenvalue weighted by atomic mass is 9.88. The Morgan fingerprint density at radius 2 is 1.59 bits per heavy atom. The van der Waals surface area contributed by atoms with Gasteiger partial charge in [0.25, 0.3) is 0 Å². The van der Waals surface area contributed by atoms with Crippen molar-refractivity contribution in [2.24, 2.45) is 5.92 Å². The monoisotopic (exact) mass is 519 g/mol. The molecule has 2 aliphatic heterocycles. The van der Waals surface area contributed by atoms with Gasteiger partial charge in [-0.05, 0) is 45.3 Å². The molecule has 0 saturated carbocycles. The molecule has 0 radical (unpaired) electrons. The van der Waals surface area contributed by atoms with Crippen LogP contribution in [-0.4, -0.2) is 68.9 Å². The Labute approximate surface area is 209 Å². The minimum atomic E-state index is -1.46. The van der Waals surface area contributed by atoms with Gasteiger partial charge >= 0.3 is 17.9 Å². The van der Waals surface area contributed by atoms with E-state index in [2.05, 4.69) is 10.8 Å². The highest BCUT2D eigenvalue weighted by atomic mass is 32.2. The molecular weight excluding hydrogens is 482 g/mol. The van der Waals surface area contributed by atoms with Gasteiger partial charge in [-0.25, -0.2) is 0 Å². The Morgan fingerprint density at radius 3 is 2.15 bits per heavy atom. The molecule has 6 unspecified atom stereocenters. The molecule has 8 atom stereocenters. The van der Waals surface area contributed by atoms with E-state index in [1.165, 1.54) is 32.5 Å². The van der Waals surface area contributed by atoms with Crippen molar-refractivity contribution in [3.63, 3.8) is 0 Å². The van der Waals surface area contributed by atoms with Gasteiger partial charge in [0, 0.05) is 32.1 Å². The lowest BCUT2D eigenvalue weighted by molar-refractivity contribution is -0.236. The number of thioether (sulfide) groups is 1. The highest BCUT2D eigenvalue weighted by molar-refractivity contribution is 7.99. The van der Waals surface area contributed by atoms with Gasteiger partial charge in [0.2, 0.25) is 0 Å². The molecule has 0 amide bonds. The van der Waals surface area contributed by atoms with Crippen LogP contribution < -0.4 is 4.72 Å². The third kappa shape index (κ3) is 8.15. The van der Waals surface area contributed by atoms with Crippen LogP contribution in [0.2, 0.25) is 0 Å².